The number of aliphatic hydroxyl groups is 2. The maximum absolute atomic E-state index is 13.1. The maximum Gasteiger partial charge on any atom is 0.472 e. The maximum atomic E-state index is 13.1. The van der Waals surface area contributed by atoms with E-state index in [0.29, 0.717) is 19.3 Å². The Bertz CT molecular complexity index is 2940. The standard InChI is InChI=1S/C101H168O16P2/c1-4-7-10-13-16-19-22-25-28-31-34-37-39-41-43-45-47-49-51-53-55-58-60-63-66-69-72-75-78-81-84-87-99(104)111-90-96(102)91-113-118(107,108)114-92-97(103)93-115-119(109,110)116-95-98(117-101(106)89-86-83-80-77-74-71-68-65-62-57-36-33-30-27-24-21-18-15-12-9-6-3)94-112-100(105)88-85-82-79-76-73-70-67-64-61-59-56-54-52-50-48-46-44-42-40-38-35-32-29-26-23-20-17-14-11-8-5-2/h7-12,16-21,25-30,34-38,41-44,47,49,57,65,68,96-98,102-103H,4-6,13-15,22-24,31-33,39-40,45-46,48,50-56,58-64,66-67,69-95H2,1-3H3,(H,107,108)(H,109,110)/b10-7-,11-8-,12-9-,19-16-,20-17-,21-18-,28-25-,29-26-,30-27-,37-34-,38-35-,43-41-,44-42-,49-47-,57-36-,68-65-. The van der Waals surface area contributed by atoms with Crippen molar-refractivity contribution >= 4 is 33.6 Å². The lowest BCUT2D eigenvalue weighted by Gasteiger charge is -2.21. The third kappa shape index (κ3) is 92.9. The van der Waals surface area contributed by atoms with Crippen LogP contribution in [-0.2, 0) is 55.8 Å². The molecule has 0 spiro atoms. The van der Waals surface area contributed by atoms with E-state index in [1.807, 2.05) is 0 Å². The Balaban J connectivity index is 4.61. The first kappa shape index (κ1) is 113. The van der Waals surface area contributed by atoms with Gasteiger partial charge in [-0.15, -0.1) is 0 Å². The molecular formula is C101H168O16P2. The Kier molecular flexibility index (Phi) is 87.3. The molecule has 0 aliphatic heterocycles. The fourth-order valence-electron chi connectivity index (χ4n) is 12.3. The minimum absolute atomic E-state index is 0.0774. The molecule has 5 atom stereocenters. The van der Waals surface area contributed by atoms with Gasteiger partial charge in [0.05, 0.1) is 26.4 Å². The second kappa shape index (κ2) is 91.6. The van der Waals surface area contributed by atoms with Gasteiger partial charge in [-0.2, -0.15) is 0 Å². The van der Waals surface area contributed by atoms with Crippen molar-refractivity contribution in [2.45, 2.75) is 386 Å². The molecule has 0 bridgehead atoms. The summed E-state index contributed by atoms with van der Waals surface area (Å²) in [6.07, 6.45) is 122. The summed E-state index contributed by atoms with van der Waals surface area (Å²) in [6, 6.07) is 0. The van der Waals surface area contributed by atoms with Crippen LogP contribution in [0.1, 0.15) is 367 Å². The zero-order chi connectivity index (χ0) is 86.5. The van der Waals surface area contributed by atoms with E-state index >= 15 is 0 Å². The second-order valence-electron chi connectivity index (χ2n) is 30.7. The van der Waals surface area contributed by atoms with Gasteiger partial charge in [0.15, 0.2) is 6.10 Å². The molecule has 119 heavy (non-hydrogen) atoms. The van der Waals surface area contributed by atoms with Crippen molar-refractivity contribution in [2.75, 3.05) is 39.6 Å². The predicted octanol–water partition coefficient (Wildman–Crippen LogP) is 29.0. The van der Waals surface area contributed by atoms with Gasteiger partial charge >= 0.3 is 33.6 Å². The highest BCUT2D eigenvalue weighted by Crippen LogP contribution is 2.45. The van der Waals surface area contributed by atoms with Crippen molar-refractivity contribution in [2.24, 2.45) is 0 Å². The van der Waals surface area contributed by atoms with E-state index < -0.39 is 91.5 Å². The summed E-state index contributed by atoms with van der Waals surface area (Å²) < 4.78 is 61.5. The first-order valence-electron chi connectivity index (χ1n) is 46.7. The Hall–Kier alpha value is -5.61. The monoisotopic (exact) mass is 1700 g/mol. The number of ether oxygens (including phenoxy) is 3. The van der Waals surface area contributed by atoms with E-state index in [-0.39, 0.29) is 19.3 Å². The normalized spacial score (nSPS) is 14.6. The summed E-state index contributed by atoms with van der Waals surface area (Å²) in [6.45, 7) is 2.35. The van der Waals surface area contributed by atoms with Gasteiger partial charge in [-0.3, -0.25) is 32.5 Å². The molecule has 0 amide bonds. The molecule has 0 aliphatic carbocycles. The van der Waals surface area contributed by atoms with E-state index in [1.165, 1.54) is 122 Å². The number of phosphoric acid groups is 2. The molecule has 0 aromatic heterocycles. The van der Waals surface area contributed by atoms with E-state index in [9.17, 15) is 43.5 Å². The summed E-state index contributed by atoms with van der Waals surface area (Å²) in [5.41, 5.74) is 0. The summed E-state index contributed by atoms with van der Waals surface area (Å²) in [5, 5.41) is 20.7. The van der Waals surface area contributed by atoms with Crippen LogP contribution in [0.3, 0.4) is 0 Å². The van der Waals surface area contributed by atoms with Crippen molar-refractivity contribution < 1.29 is 75.8 Å². The summed E-state index contributed by atoms with van der Waals surface area (Å²) >= 11 is 0. The number of allylic oxidation sites excluding steroid dienone is 32. The molecule has 0 rings (SSSR count). The molecule has 16 nitrogen and oxygen atoms in total. The molecule has 18 heteroatoms. The number of esters is 3. The van der Waals surface area contributed by atoms with Crippen LogP contribution >= 0.6 is 15.6 Å². The minimum atomic E-state index is -4.95. The van der Waals surface area contributed by atoms with Crippen molar-refractivity contribution in [3.8, 4) is 0 Å². The molecule has 0 aromatic rings. The summed E-state index contributed by atoms with van der Waals surface area (Å²) in [4.78, 5) is 59.0. The number of phosphoric ester groups is 2. The smallest absolute Gasteiger partial charge is 0.463 e. The highest BCUT2D eigenvalue weighted by Gasteiger charge is 2.29. The van der Waals surface area contributed by atoms with Gasteiger partial charge in [0.1, 0.15) is 25.4 Å². The Morgan fingerprint density at radius 1 is 0.235 bits per heavy atom. The lowest BCUT2D eigenvalue weighted by atomic mass is 10.0. The van der Waals surface area contributed by atoms with Crippen LogP contribution in [-0.4, -0.2) is 95.9 Å². The van der Waals surface area contributed by atoms with Crippen LogP contribution in [0.5, 0.6) is 0 Å². The highest BCUT2D eigenvalue weighted by atomic mass is 31.2. The number of carbonyl (C=O) groups excluding carboxylic acids is 3. The first-order valence-corrected chi connectivity index (χ1v) is 49.7. The number of rotatable bonds is 87. The first-order chi connectivity index (χ1) is 58.2. The molecule has 0 aromatic carbocycles. The summed E-state index contributed by atoms with van der Waals surface area (Å²) in [7, 11) is -9.82. The average Bonchev–Trinajstić information content (AvgIpc) is 0.905. The van der Waals surface area contributed by atoms with Gasteiger partial charge in [-0.25, -0.2) is 9.13 Å². The van der Waals surface area contributed by atoms with Crippen molar-refractivity contribution in [3.05, 3.63) is 194 Å². The van der Waals surface area contributed by atoms with Crippen LogP contribution < -0.4 is 0 Å². The molecule has 0 aliphatic rings. The number of carbonyl (C=O) groups is 3. The lowest BCUT2D eigenvalue weighted by molar-refractivity contribution is -0.161. The van der Waals surface area contributed by atoms with Crippen LogP contribution in [0.2, 0.25) is 0 Å². The second-order valence-corrected chi connectivity index (χ2v) is 33.6. The number of aliphatic hydroxyl groups excluding tert-OH is 2. The minimum Gasteiger partial charge on any atom is -0.463 e. The van der Waals surface area contributed by atoms with Gasteiger partial charge in [-0.1, -0.05) is 382 Å². The van der Waals surface area contributed by atoms with Crippen molar-refractivity contribution in [3.63, 3.8) is 0 Å². The zero-order valence-corrected chi connectivity index (χ0v) is 76.5. The van der Waals surface area contributed by atoms with E-state index in [4.69, 9.17) is 32.3 Å². The highest BCUT2D eigenvalue weighted by molar-refractivity contribution is 7.47. The van der Waals surface area contributed by atoms with Crippen LogP contribution in [0.15, 0.2) is 194 Å². The van der Waals surface area contributed by atoms with Gasteiger partial charge in [0, 0.05) is 19.3 Å². The van der Waals surface area contributed by atoms with E-state index in [0.717, 1.165) is 186 Å². The Morgan fingerprint density at radius 2 is 0.420 bits per heavy atom. The number of unbranched alkanes of at least 4 members (excludes halogenated alkanes) is 32. The number of hydrogen-bond acceptors (Lipinski definition) is 14. The average molecular weight is 1700 g/mol. The number of hydrogen-bond donors (Lipinski definition) is 4. The largest absolute Gasteiger partial charge is 0.472 e. The Labute approximate surface area is 725 Å². The van der Waals surface area contributed by atoms with Gasteiger partial charge in [0.2, 0.25) is 0 Å². The quantitative estimate of drug-likeness (QED) is 0.0146. The zero-order valence-electron chi connectivity index (χ0n) is 74.7. The fraction of sp³-hybridized carbons (Fsp3) is 0.653. The van der Waals surface area contributed by atoms with Gasteiger partial charge < -0.3 is 34.2 Å². The van der Waals surface area contributed by atoms with E-state index in [1.54, 1.807) is 0 Å². The van der Waals surface area contributed by atoms with Gasteiger partial charge in [-0.05, 0) is 161 Å². The fourth-order valence-corrected chi connectivity index (χ4v) is 13.9. The summed E-state index contributed by atoms with van der Waals surface area (Å²) in [5.74, 6) is -1.60. The third-order valence-electron chi connectivity index (χ3n) is 19.3. The molecule has 4 N–H and O–H groups in total. The molecule has 0 saturated carbocycles. The predicted molar refractivity (Wildman–Crippen MR) is 500 cm³/mol. The third-order valence-corrected chi connectivity index (χ3v) is 21.2. The van der Waals surface area contributed by atoms with Crippen LogP contribution in [0, 0.1) is 0 Å². The Morgan fingerprint density at radius 3 is 0.664 bits per heavy atom. The molecular weight excluding hydrogens is 1530 g/mol. The van der Waals surface area contributed by atoms with Crippen molar-refractivity contribution in [1.82, 2.24) is 0 Å². The van der Waals surface area contributed by atoms with Crippen LogP contribution in [0.25, 0.3) is 0 Å². The molecule has 0 saturated heterocycles. The van der Waals surface area contributed by atoms with Crippen molar-refractivity contribution in [1.29, 1.82) is 0 Å². The van der Waals surface area contributed by atoms with E-state index in [2.05, 4.69) is 215 Å². The molecule has 5 unspecified atom stereocenters. The SMILES string of the molecule is CC/C=C\C/C=C\C/C=C\C/C=C\C/C=C\C/C=C\CCCCCCCCCCCCCCC(=O)OCC(O)COP(=O)(O)OCC(O)COP(=O)(O)OCC(COC(=O)CCCCCCCCCCCCCCCCC/C=C\C/C=C\C/C=C\C/C=C\C/C=C\CC)OC(=O)CCCCCCC/C=C\C/C=C\C/C=C\C/C=C\C/C=C\CC. The molecule has 0 heterocycles. The van der Waals surface area contributed by atoms with Gasteiger partial charge in [0.25, 0.3) is 0 Å². The van der Waals surface area contributed by atoms with Crippen LogP contribution in [0.4, 0.5) is 0 Å². The topological polar surface area (TPSA) is 231 Å². The molecule has 0 radical (unpaired) electrons. The molecule has 678 valence electrons. The molecule has 0 fully saturated rings. The lowest BCUT2D eigenvalue weighted by Crippen LogP contribution is -2.30.